The van der Waals surface area contributed by atoms with E-state index in [-0.39, 0.29) is 11.8 Å². The van der Waals surface area contributed by atoms with E-state index < -0.39 is 6.10 Å². The molecule has 6 heteroatoms. The predicted octanol–water partition coefficient (Wildman–Crippen LogP) is 2.50. The number of amides is 1. The highest BCUT2D eigenvalue weighted by molar-refractivity contribution is 5.95. The summed E-state index contributed by atoms with van der Waals surface area (Å²) in [6.45, 7) is 5.54. The highest BCUT2D eigenvalue weighted by Gasteiger charge is 2.32. The molecule has 0 spiro atoms. The number of carbonyl (C=O) groups excluding carboxylic acids is 1. The van der Waals surface area contributed by atoms with Gasteiger partial charge in [-0.2, -0.15) is 5.10 Å². The quantitative estimate of drug-likeness (QED) is 0.875. The van der Waals surface area contributed by atoms with Gasteiger partial charge in [0.25, 0.3) is 5.91 Å². The van der Waals surface area contributed by atoms with Crippen molar-refractivity contribution in [3.8, 4) is 11.4 Å². The van der Waals surface area contributed by atoms with Crippen molar-refractivity contribution in [2.45, 2.75) is 32.8 Å². The maximum atomic E-state index is 12.9. The van der Waals surface area contributed by atoms with Gasteiger partial charge in [0.15, 0.2) is 11.4 Å². The van der Waals surface area contributed by atoms with Gasteiger partial charge in [-0.15, -0.1) is 0 Å². The first kappa shape index (κ1) is 17.5. The number of nitrogens with zero attached hydrogens (tertiary/aromatic N) is 3. The van der Waals surface area contributed by atoms with E-state index in [1.807, 2.05) is 37.3 Å². The zero-order valence-corrected chi connectivity index (χ0v) is 14.8. The average Bonchev–Trinajstić information content (AvgIpc) is 3.27. The Bertz CT molecular complexity index is 712. The minimum Gasteiger partial charge on any atom is -0.489 e. The molecule has 134 valence electrons. The molecule has 2 unspecified atom stereocenters. The summed E-state index contributed by atoms with van der Waals surface area (Å²) < 4.78 is 7.44. The van der Waals surface area contributed by atoms with E-state index in [9.17, 15) is 9.90 Å². The lowest BCUT2D eigenvalue weighted by molar-refractivity contribution is 0.0752. The van der Waals surface area contributed by atoms with Gasteiger partial charge >= 0.3 is 0 Å². The molecule has 1 aliphatic rings. The molecule has 2 heterocycles. The smallest absolute Gasteiger partial charge is 0.278 e. The number of benzene rings is 1. The molecule has 2 atom stereocenters. The van der Waals surface area contributed by atoms with Crippen LogP contribution in [0.1, 0.15) is 37.2 Å². The number of para-hydroxylation sites is 1. The summed E-state index contributed by atoms with van der Waals surface area (Å²) >= 11 is 0. The number of rotatable bonds is 6. The third-order valence-corrected chi connectivity index (χ3v) is 4.56. The molecule has 0 bridgehead atoms. The highest BCUT2D eigenvalue weighted by atomic mass is 16.5. The number of carbonyl (C=O) groups is 1. The van der Waals surface area contributed by atoms with Gasteiger partial charge in [0, 0.05) is 19.0 Å². The second kappa shape index (κ2) is 7.70. The number of ether oxygens (including phenoxy) is 1. The maximum absolute atomic E-state index is 12.9. The van der Waals surface area contributed by atoms with Crippen molar-refractivity contribution in [2.24, 2.45) is 5.92 Å². The summed E-state index contributed by atoms with van der Waals surface area (Å²) in [5.74, 6) is 0.500. The maximum Gasteiger partial charge on any atom is 0.278 e. The van der Waals surface area contributed by atoms with Crippen LogP contribution in [0.15, 0.2) is 36.5 Å². The standard InChI is InChI=1S/C19H25N3O3/c1-3-11-25-17-13-22(16-7-5-4-6-8-16)20-18(17)19(24)21-10-9-15(12-21)14(2)23/h4-8,13-15,23H,3,9-12H2,1-2H3. The van der Waals surface area contributed by atoms with Crippen LogP contribution < -0.4 is 4.74 Å². The minimum atomic E-state index is -0.407. The molecule has 1 N–H and O–H groups in total. The Kier molecular flexibility index (Phi) is 5.38. The van der Waals surface area contributed by atoms with Crippen LogP contribution >= 0.6 is 0 Å². The number of hydrogen-bond donors (Lipinski definition) is 1. The van der Waals surface area contributed by atoms with Gasteiger partial charge < -0.3 is 14.7 Å². The van der Waals surface area contributed by atoms with Crippen molar-refractivity contribution < 1.29 is 14.6 Å². The van der Waals surface area contributed by atoms with Crippen LogP contribution in [0, 0.1) is 5.92 Å². The largest absolute Gasteiger partial charge is 0.489 e. The first-order chi connectivity index (χ1) is 12.1. The molecule has 1 saturated heterocycles. The van der Waals surface area contributed by atoms with E-state index in [4.69, 9.17) is 4.74 Å². The molecule has 1 aromatic carbocycles. The van der Waals surface area contributed by atoms with E-state index in [0.29, 0.717) is 31.1 Å². The Morgan fingerprint density at radius 1 is 1.40 bits per heavy atom. The second-order valence-electron chi connectivity index (χ2n) is 6.51. The lowest BCUT2D eigenvalue weighted by Crippen LogP contribution is -2.31. The summed E-state index contributed by atoms with van der Waals surface area (Å²) in [4.78, 5) is 14.7. The summed E-state index contributed by atoms with van der Waals surface area (Å²) in [6, 6.07) is 9.67. The Balaban J connectivity index is 1.86. The fourth-order valence-corrected chi connectivity index (χ4v) is 3.05. The van der Waals surface area contributed by atoms with Crippen LogP contribution in [0.5, 0.6) is 5.75 Å². The van der Waals surface area contributed by atoms with Crippen molar-refractivity contribution in [2.75, 3.05) is 19.7 Å². The van der Waals surface area contributed by atoms with Crippen molar-refractivity contribution in [3.05, 3.63) is 42.2 Å². The normalized spacial score (nSPS) is 18.4. The second-order valence-corrected chi connectivity index (χ2v) is 6.51. The highest BCUT2D eigenvalue weighted by Crippen LogP contribution is 2.26. The Morgan fingerprint density at radius 3 is 2.80 bits per heavy atom. The zero-order valence-electron chi connectivity index (χ0n) is 14.8. The van der Waals surface area contributed by atoms with E-state index in [0.717, 1.165) is 18.5 Å². The van der Waals surface area contributed by atoms with Crippen LogP contribution in [-0.4, -0.2) is 51.5 Å². The molecule has 0 aliphatic carbocycles. The van der Waals surface area contributed by atoms with Crippen LogP contribution in [0.25, 0.3) is 5.69 Å². The van der Waals surface area contributed by atoms with Crippen LogP contribution in [0.3, 0.4) is 0 Å². The zero-order chi connectivity index (χ0) is 17.8. The molecule has 2 aromatic rings. The summed E-state index contributed by atoms with van der Waals surface area (Å²) in [5, 5.41) is 14.2. The lowest BCUT2D eigenvalue weighted by Gasteiger charge is -2.17. The van der Waals surface area contributed by atoms with Crippen molar-refractivity contribution >= 4 is 5.91 Å². The SMILES string of the molecule is CCCOc1cn(-c2ccccc2)nc1C(=O)N1CCC(C(C)O)C1. The topological polar surface area (TPSA) is 67.6 Å². The van der Waals surface area contributed by atoms with Crippen molar-refractivity contribution in [1.29, 1.82) is 0 Å². The van der Waals surface area contributed by atoms with E-state index in [1.165, 1.54) is 0 Å². The molecule has 0 radical (unpaired) electrons. The van der Waals surface area contributed by atoms with Gasteiger partial charge in [0.1, 0.15) is 0 Å². The van der Waals surface area contributed by atoms with E-state index in [1.54, 1.807) is 22.7 Å². The minimum absolute atomic E-state index is 0.125. The molecule has 3 rings (SSSR count). The van der Waals surface area contributed by atoms with Gasteiger partial charge in [-0.3, -0.25) is 4.79 Å². The number of hydrogen-bond acceptors (Lipinski definition) is 4. The van der Waals surface area contributed by atoms with Gasteiger partial charge in [-0.05, 0) is 31.9 Å². The fraction of sp³-hybridized carbons (Fsp3) is 0.474. The van der Waals surface area contributed by atoms with Crippen molar-refractivity contribution in [3.63, 3.8) is 0 Å². The molecule has 1 amide bonds. The predicted molar refractivity (Wildman–Crippen MR) is 95.0 cm³/mol. The number of aromatic nitrogens is 2. The van der Waals surface area contributed by atoms with Gasteiger partial charge in [0.05, 0.1) is 24.6 Å². The molecule has 6 nitrogen and oxygen atoms in total. The Morgan fingerprint density at radius 2 is 2.16 bits per heavy atom. The lowest BCUT2D eigenvalue weighted by atomic mass is 10.0. The molecule has 25 heavy (non-hydrogen) atoms. The molecule has 0 saturated carbocycles. The third kappa shape index (κ3) is 3.85. The Labute approximate surface area is 148 Å². The summed E-state index contributed by atoms with van der Waals surface area (Å²) in [6.07, 6.45) is 3.03. The van der Waals surface area contributed by atoms with Gasteiger partial charge in [0.2, 0.25) is 0 Å². The number of aliphatic hydroxyl groups is 1. The van der Waals surface area contributed by atoms with Crippen LogP contribution in [0.4, 0.5) is 0 Å². The molecule has 1 aliphatic heterocycles. The van der Waals surface area contributed by atoms with Crippen LogP contribution in [0.2, 0.25) is 0 Å². The summed E-state index contributed by atoms with van der Waals surface area (Å²) in [7, 11) is 0. The average molecular weight is 343 g/mol. The molecule has 1 fully saturated rings. The number of likely N-dealkylation sites (tertiary alicyclic amines) is 1. The van der Waals surface area contributed by atoms with Gasteiger partial charge in [-0.25, -0.2) is 4.68 Å². The van der Waals surface area contributed by atoms with Crippen molar-refractivity contribution in [1.82, 2.24) is 14.7 Å². The first-order valence-corrected chi connectivity index (χ1v) is 8.85. The molecule has 1 aromatic heterocycles. The molecular weight excluding hydrogens is 318 g/mol. The van der Waals surface area contributed by atoms with E-state index in [2.05, 4.69) is 5.10 Å². The Hall–Kier alpha value is -2.34. The molecular formula is C19H25N3O3. The fourth-order valence-electron chi connectivity index (χ4n) is 3.05. The van der Waals surface area contributed by atoms with E-state index >= 15 is 0 Å². The van der Waals surface area contributed by atoms with Gasteiger partial charge in [-0.1, -0.05) is 25.1 Å². The van der Waals surface area contributed by atoms with Crippen LogP contribution in [-0.2, 0) is 0 Å². The first-order valence-electron chi connectivity index (χ1n) is 8.85. The third-order valence-electron chi connectivity index (χ3n) is 4.56. The monoisotopic (exact) mass is 343 g/mol. The summed E-state index contributed by atoms with van der Waals surface area (Å²) in [5.41, 5.74) is 1.22. The number of aliphatic hydroxyl groups excluding tert-OH is 1.